The van der Waals surface area contributed by atoms with Gasteiger partial charge in [0.05, 0.1) is 17.1 Å². The van der Waals surface area contributed by atoms with E-state index in [1.54, 1.807) is 6.07 Å². The molecule has 6 heteroatoms. The Morgan fingerprint density at radius 3 is 2.90 bits per heavy atom. The zero-order chi connectivity index (χ0) is 15.1. The van der Waals surface area contributed by atoms with Gasteiger partial charge in [0.2, 0.25) is 10.0 Å². The number of nitrogens with one attached hydrogen (secondary N) is 1. The third kappa shape index (κ3) is 2.93. The predicted octanol–water partition coefficient (Wildman–Crippen LogP) is 1.84. The fourth-order valence-corrected chi connectivity index (χ4v) is 4.56. The van der Waals surface area contributed by atoms with Gasteiger partial charge in [0.1, 0.15) is 0 Å². The first-order valence-electron chi connectivity index (χ1n) is 7.39. The van der Waals surface area contributed by atoms with Crippen molar-refractivity contribution in [2.45, 2.75) is 37.2 Å². The van der Waals surface area contributed by atoms with Crippen LogP contribution >= 0.6 is 0 Å². The molecule has 0 spiro atoms. The minimum Gasteiger partial charge on any atom is -0.385 e. The second-order valence-electron chi connectivity index (χ2n) is 6.30. The maximum atomic E-state index is 12.8. The highest BCUT2D eigenvalue weighted by Crippen LogP contribution is 2.28. The van der Waals surface area contributed by atoms with Gasteiger partial charge >= 0.3 is 0 Å². The van der Waals surface area contributed by atoms with Crippen LogP contribution in [-0.4, -0.2) is 44.6 Å². The Bertz CT molecular complexity index is 640. The SMILES string of the molecule is CC1(C)CN(S(=O)(=O)c2ccc3c(c2)CCCN3)CCO1. The highest BCUT2D eigenvalue weighted by atomic mass is 32.2. The van der Waals surface area contributed by atoms with Crippen molar-refractivity contribution in [2.75, 3.05) is 31.6 Å². The smallest absolute Gasteiger partial charge is 0.243 e. The molecule has 1 N–H and O–H groups in total. The molecule has 116 valence electrons. The third-order valence-corrected chi connectivity index (χ3v) is 5.88. The minimum atomic E-state index is -3.44. The van der Waals surface area contributed by atoms with Crippen molar-refractivity contribution in [1.82, 2.24) is 4.31 Å². The summed E-state index contributed by atoms with van der Waals surface area (Å²) in [5, 5.41) is 3.31. The van der Waals surface area contributed by atoms with Gasteiger partial charge in [0, 0.05) is 25.3 Å². The summed E-state index contributed by atoms with van der Waals surface area (Å²) in [4.78, 5) is 0.391. The molecule has 1 saturated heterocycles. The van der Waals surface area contributed by atoms with E-state index in [0.717, 1.165) is 30.6 Å². The van der Waals surface area contributed by atoms with E-state index in [4.69, 9.17) is 4.74 Å². The topological polar surface area (TPSA) is 58.6 Å². The van der Waals surface area contributed by atoms with Gasteiger partial charge in [-0.25, -0.2) is 8.42 Å². The van der Waals surface area contributed by atoms with Crippen LogP contribution in [0.2, 0.25) is 0 Å². The first kappa shape index (κ1) is 14.8. The van der Waals surface area contributed by atoms with Crippen molar-refractivity contribution in [3.8, 4) is 0 Å². The average Bonchev–Trinajstić information content (AvgIpc) is 2.45. The van der Waals surface area contributed by atoms with Crippen LogP contribution in [0.15, 0.2) is 23.1 Å². The average molecular weight is 310 g/mol. The Morgan fingerprint density at radius 2 is 2.14 bits per heavy atom. The van der Waals surface area contributed by atoms with Crippen molar-refractivity contribution < 1.29 is 13.2 Å². The van der Waals surface area contributed by atoms with Gasteiger partial charge < -0.3 is 10.1 Å². The normalized spacial score (nSPS) is 22.4. The highest BCUT2D eigenvalue weighted by Gasteiger charge is 2.35. The molecule has 1 aromatic rings. The van der Waals surface area contributed by atoms with Crippen LogP contribution in [0.5, 0.6) is 0 Å². The van der Waals surface area contributed by atoms with Crippen LogP contribution in [0.25, 0.3) is 0 Å². The maximum Gasteiger partial charge on any atom is 0.243 e. The number of aryl methyl sites for hydroxylation is 1. The van der Waals surface area contributed by atoms with E-state index < -0.39 is 15.6 Å². The van der Waals surface area contributed by atoms with E-state index in [2.05, 4.69) is 5.32 Å². The molecule has 0 aromatic heterocycles. The Hall–Kier alpha value is -1.11. The van der Waals surface area contributed by atoms with Crippen molar-refractivity contribution in [2.24, 2.45) is 0 Å². The van der Waals surface area contributed by atoms with Crippen LogP contribution in [0.4, 0.5) is 5.69 Å². The van der Waals surface area contributed by atoms with Gasteiger partial charge in [0.25, 0.3) is 0 Å². The van der Waals surface area contributed by atoms with E-state index in [0.29, 0.717) is 24.6 Å². The lowest BCUT2D eigenvalue weighted by Gasteiger charge is -2.37. The monoisotopic (exact) mass is 310 g/mol. The predicted molar refractivity (Wildman–Crippen MR) is 82.0 cm³/mol. The second-order valence-corrected chi connectivity index (χ2v) is 8.23. The molecule has 3 rings (SSSR count). The summed E-state index contributed by atoms with van der Waals surface area (Å²) in [7, 11) is -3.44. The van der Waals surface area contributed by atoms with Gasteiger partial charge in [-0.15, -0.1) is 0 Å². The summed E-state index contributed by atoms with van der Waals surface area (Å²) in [6.45, 7) is 6.05. The van der Waals surface area contributed by atoms with Crippen LogP contribution < -0.4 is 5.32 Å². The lowest BCUT2D eigenvalue weighted by molar-refractivity contribution is -0.0640. The summed E-state index contributed by atoms with van der Waals surface area (Å²) >= 11 is 0. The number of rotatable bonds is 2. The van der Waals surface area contributed by atoms with Crippen molar-refractivity contribution in [1.29, 1.82) is 0 Å². The summed E-state index contributed by atoms with van der Waals surface area (Å²) in [6, 6.07) is 5.40. The summed E-state index contributed by atoms with van der Waals surface area (Å²) < 4.78 is 32.8. The zero-order valence-corrected chi connectivity index (χ0v) is 13.4. The number of sulfonamides is 1. The molecule has 0 aliphatic carbocycles. The Labute approximate surface area is 126 Å². The minimum absolute atomic E-state index is 0.391. The first-order chi connectivity index (χ1) is 9.88. The number of benzene rings is 1. The first-order valence-corrected chi connectivity index (χ1v) is 8.83. The number of fused-ring (bicyclic) bond motifs is 1. The van der Waals surface area contributed by atoms with E-state index in [1.165, 1.54) is 4.31 Å². The fourth-order valence-electron chi connectivity index (χ4n) is 2.94. The molecule has 2 aliphatic heterocycles. The number of morpholine rings is 1. The Kier molecular flexibility index (Phi) is 3.71. The van der Waals surface area contributed by atoms with E-state index >= 15 is 0 Å². The number of hydrogen-bond acceptors (Lipinski definition) is 4. The molecule has 21 heavy (non-hydrogen) atoms. The van der Waals surface area contributed by atoms with Crippen LogP contribution in [0.3, 0.4) is 0 Å². The molecule has 1 aromatic carbocycles. The van der Waals surface area contributed by atoms with Gasteiger partial charge in [-0.1, -0.05) is 0 Å². The molecule has 0 radical (unpaired) electrons. The highest BCUT2D eigenvalue weighted by molar-refractivity contribution is 7.89. The maximum absolute atomic E-state index is 12.8. The molecule has 0 saturated carbocycles. The largest absolute Gasteiger partial charge is 0.385 e. The Morgan fingerprint density at radius 1 is 1.33 bits per heavy atom. The molecule has 2 heterocycles. The lowest BCUT2D eigenvalue weighted by atomic mass is 10.0. The summed E-state index contributed by atoms with van der Waals surface area (Å²) in [5.41, 5.74) is 1.72. The van der Waals surface area contributed by atoms with Crippen LogP contribution in [0.1, 0.15) is 25.8 Å². The number of hydrogen-bond donors (Lipinski definition) is 1. The van der Waals surface area contributed by atoms with Crippen molar-refractivity contribution in [3.05, 3.63) is 23.8 Å². The molecule has 0 bridgehead atoms. The fraction of sp³-hybridized carbons (Fsp3) is 0.600. The number of ether oxygens (including phenoxy) is 1. The quantitative estimate of drug-likeness (QED) is 0.905. The van der Waals surface area contributed by atoms with Crippen molar-refractivity contribution in [3.63, 3.8) is 0 Å². The standard InChI is InChI=1S/C15H22N2O3S/c1-15(2)11-17(8-9-20-15)21(18,19)13-5-6-14-12(10-13)4-3-7-16-14/h5-6,10,16H,3-4,7-9,11H2,1-2H3. The zero-order valence-electron chi connectivity index (χ0n) is 12.6. The lowest BCUT2D eigenvalue weighted by Crippen LogP contribution is -2.50. The molecule has 0 unspecified atom stereocenters. The molecule has 2 aliphatic rings. The molecule has 5 nitrogen and oxygen atoms in total. The second kappa shape index (κ2) is 5.26. The van der Waals surface area contributed by atoms with Gasteiger partial charge in [-0.2, -0.15) is 4.31 Å². The summed E-state index contributed by atoms with van der Waals surface area (Å²) in [5.74, 6) is 0. The molecule has 0 atom stereocenters. The summed E-state index contributed by atoms with van der Waals surface area (Å²) in [6.07, 6.45) is 1.97. The van der Waals surface area contributed by atoms with Gasteiger partial charge in [-0.3, -0.25) is 0 Å². The van der Waals surface area contributed by atoms with Crippen LogP contribution in [-0.2, 0) is 21.2 Å². The van der Waals surface area contributed by atoms with E-state index in [9.17, 15) is 8.42 Å². The molecular weight excluding hydrogens is 288 g/mol. The van der Waals surface area contributed by atoms with E-state index in [1.807, 2.05) is 26.0 Å². The molecule has 1 fully saturated rings. The third-order valence-electron chi connectivity index (χ3n) is 4.04. The van der Waals surface area contributed by atoms with Crippen LogP contribution in [0, 0.1) is 0 Å². The number of anilines is 1. The molecule has 0 amide bonds. The van der Waals surface area contributed by atoms with E-state index in [-0.39, 0.29) is 0 Å². The number of nitrogens with zero attached hydrogens (tertiary/aromatic N) is 1. The Balaban J connectivity index is 1.91. The van der Waals surface area contributed by atoms with Gasteiger partial charge in [-0.05, 0) is 50.5 Å². The molecular formula is C15H22N2O3S. The van der Waals surface area contributed by atoms with Crippen molar-refractivity contribution >= 4 is 15.7 Å². The van der Waals surface area contributed by atoms with Gasteiger partial charge in [0.15, 0.2) is 0 Å².